The van der Waals surface area contributed by atoms with Crippen LogP contribution in [0.15, 0.2) is 72.1 Å². The van der Waals surface area contributed by atoms with E-state index in [1.54, 1.807) is 24.3 Å². The van der Waals surface area contributed by atoms with E-state index in [4.69, 9.17) is 4.74 Å². The van der Waals surface area contributed by atoms with Gasteiger partial charge in [-0.1, -0.05) is 44.4 Å². The van der Waals surface area contributed by atoms with E-state index in [1.165, 1.54) is 0 Å². The molecular weight excluding hydrogens is 317 g/mol. The maximum Gasteiger partial charge on any atom is 0.181 e. The van der Waals surface area contributed by atoms with Crippen LogP contribution in [-0.2, 0) is 9.53 Å². The molecule has 0 radical (unpaired) electrons. The number of ether oxygens (including phenoxy) is 1. The fraction of sp³-hybridized carbons (Fsp3) is 0.381. The van der Waals surface area contributed by atoms with Crippen molar-refractivity contribution in [2.75, 3.05) is 26.9 Å². The summed E-state index contributed by atoms with van der Waals surface area (Å²) < 4.78 is 17.9. The molecule has 138 valence electrons. The van der Waals surface area contributed by atoms with Crippen molar-refractivity contribution >= 4 is 5.78 Å². The lowest BCUT2D eigenvalue weighted by Gasteiger charge is -2.15. The summed E-state index contributed by atoms with van der Waals surface area (Å²) in [5.41, 5.74) is 2.46. The zero-order valence-corrected chi connectivity index (χ0v) is 15.6. The van der Waals surface area contributed by atoms with Gasteiger partial charge in [-0.3, -0.25) is 4.79 Å². The average Bonchev–Trinajstić information content (AvgIpc) is 2.62. The monoisotopic (exact) mass is 347 g/mol. The van der Waals surface area contributed by atoms with Crippen LogP contribution < -0.4 is 5.32 Å². The van der Waals surface area contributed by atoms with E-state index in [-0.39, 0.29) is 12.4 Å². The van der Waals surface area contributed by atoms with E-state index in [0.29, 0.717) is 24.3 Å². The van der Waals surface area contributed by atoms with Gasteiger partial charge in [0.1, 0.15) is 19.0 Å². The molecule has 25 heavy (non-hydrogen) atoms. The molecule has 4 heteroatoms. The molecule has 0 amide bonds. The zero-order chi connectivity index (χ0) is 19.1. The molecule has 0 atom stereocenters. The van der Waals surface area contributed by atoms with Gasteiger partial charge in [-0.15, -0.1) is 0 Å². The van der Waals surface area contributed by atoms with Crippen molar-refractivity contribution in [2.45, 2.75) is 26.7 Å². The Kier molecular flexibility index (Phi) is 12.9. The second kappa shape index (κ2) is 14.2. The Morgan fingerprint density at radius 1 is 1.28 bits per heavy atom. The minimum absolute atomic E-state index is 0.0102. The number of carbonyl (C=O) groups excluding carboxylic acids is 1. The SMILES string of the molecule is C=C/C=C\C(C/C(CNC)=C(\C)C(=O)/C=C\CC)=C(/C=C)OCCF. The third-order valence-electron chi connectivity index (χ3n) is 3.47. The number of rotatable bonds is 13. The molecule has 0 aliphatic heterocycles. The number of hydrogen-bond donors (Lipinski definition) is 1. The Balaban J connectivity index is 5.83. The first-order valence-electron chi connectivity index (χ1n) is 8.43. The van der Waals surface area contributed by atoms with Gasteiger partial charge in [-0.25, -0.2) is 4.39 Å². The number of hydrogen-bond acceptors (Lipinski definition) is 3. The van der Waals surface area contributed by atoms with Crippen LogP contribution in [0.25, 0.3) is 0 Å². The van der Waals surface area contributed by atoms with Gasteiger partial charge >= 0.3 is 0 Å². The summed E-state index contributed by atoms with van der Waals surface area (Å²) in [6, 6.07) is 0. The summed E-state index contributed by atoms with van der Waals surface area (Å²) in [6.07, 6.45) is 11.6. The van der Waals surface area contributed by atoms with Crippen LogP contribution in [0.2, 0.25) is 0 Å². The van der Waals surface area contributed by atoms with E-state index in [0.717, 1.165) is 17.6 Å². The fourth-order valence-corrected chi connectivity index (χ4v) is 2.14. The molecule has 0 fully saturated rings. The van der Waals surface area contributed by atoms with Crippen LogP contribution in [-0.4, -0.2) is 32.7 Å². The maximum atomic E-state index is 12.5. The van der Waals surface area contributed by atoms with Crippen molar-refractivity contribution in [3.63, 3.8) is 0 Å². The van der Waals surface area contributed by atoms with E-state index in [9.17, 15) is 9.18 Å². The molecular formula is C21H30FNO2. The summed E-state index contributed by atoms with van der Waals surface area (Å²) in [5.74, 6) is 0.498. The lowest BCUT2D eigenvalue weighted by Crippen LogP contribution is -2.15. The highest BCUT2D eigenvalue weighted by molar-refractivity contribution is 6.04. The van der Waals surface area contributed by atoms with Crippen molar-refractivity contribution in [1.82, 2.24) is 5.32 Å². The predicted octanol–water partition coefficient (Wildman–Crippen LogP) is 4.62. The van der Waals surface area contributed by atoms with Crippen LogP contribution in [0.4, 0.5) is 4.39 Å². The molecule has 0 aliphatic carbocycles. The first-order chi connectivity index (χ1) is 12.0. The van der Waals surface area contributed by atoms with Crippen LogP contribution in [0, 0.1) is 0 Å². The van der Waals surface area contributed by atoms with Crippen LogP contribution in [0.1, 0.15) is 26.7 Å². The molecule has 0 aromatic carbocycles. The quantitative estimate of drug-likeness (QED) is 0.300. The topological polar surface area (TPSA) is 38.3 Å². The normalized spacial score (nSPS) is 13.6. The van der Waals surface area contributed by atoms with E-state index >= 15 is 0 Å². The Morgan fingerprint density at radius 3 is 2.52 bits per heavy atom. The Morgan fingerprint density at radius 2 is 2.00 bits per heavy atom. The van der Waals surface area contributed by atoms with Gasteiger partial charge < -0.3 is 10.1 Å². The molecule has 0 saturated carbocycles. The number of carbonyl (C=O) groups is 1. The second-order valence-corrected chi connectivity index (χ2v) is 5.34. The molecule has 0 aliphatic rings. The third-order valence-corrected chi connectivity index (χ3v) is 3.47. The Hall–Kier alpha value is -2.20. The first kappa shape index (κ1) is 22.8. The summed E-state index contributed by atoms with van der Waals surface area (Å²) in [4.78, 5) is 12.3. The summed E-state index contributed by atoms with van der Waals surface area (Å²) in [5, 5.41) is 3.09. The smallest absolute Gasteiger partial charge is 0.181 e. The number of allylic oxidation sites excluding steroid dienone is 8. The van der Waals surface area contributed by atoms with Gasteiger partial charge in [0.05, 0.1) is 0 Å². The molecule has 0 aromatic rings. The number of halogens is 1. The molecule has 0 aromatic heterocycles. The fourth-order valence-electron chi connectivity index (χ4n) is 2.14. The largest absolute Gasteiger partial charge is 0.491 e. The van der Waals surface area contributed by atoms with E-state index in [2.05, 4.69) is 18.5 Å². The molecule has 0 heterocycles. The van der Waals surface area contributed by atoms with Crippen LogP contribution >= 0.6 is 0 Å². The van der Waals surface area contributed by atoms with Crippen molar-refractivity contribution in [2.24, 2.45) is 0 Å². The maximum absolute atomic E-state index is 12.5. The van der Waals surface area contributed by atoms with Gasteiger partial charge in [-0.05, 0) is 55.7 Å². The standard InChI is InChI=1S/C21H30FNO2/c1-6-9-11-18(21(8-3)25-14-13-22)15-19(16-23-5)17(4)20(24)12-10-7-2/h6,8-12,23H,1,3,7,13-16H2,2,4-5H3/b11-9-,12-10-,19-17-,21-18-. The van der Waals surface area contributed by atoms with Crippen molar-refractivity contribution in [3.8, 4) is 0 Å². The minimum Gasteiger partial charge on any atom is -0.491 e. The molecule has 0 rings (SSSR count). The number of ketones is 1. The summed E-state index contributed by atoms with van der Waals surface area (Å²) >= 11 is 0. The average molecular weight is 347 g/mol. The summed E-state index contributed by atoms with van der Waals surface area (Å²) in [7, 11) is 1.83. The molecule has 0 unspecified atom stereocenters. The Bertz CT molecular complexity index is 568. The first-order valence-corrected chi connectivity index (χ1v) is 8.43. The molecule has 0 saturated heterocycles. The minimum atomic E-state index is -0.575. The lowest BCUT2D eigenvalue weighted by atomic mass is 9.96. The van der Waals surface area contributed by atoms with E-state index < -0.39 is 6.67 Å². The van der Waals surface area contributed by atoms with Crippen LogP contribution in [0.3, 0.4) is 0 Å². The zero-order valence-electron chi connectivity index (χ0n) is 15.6. The number of nitrogens with one attached hydrogen (secondary N) is 1. The highest BCUT2D eigenvalue weighted by Crippen LogP contribution is 2.21. The highest BCUT2D eigenvalue weighted by Gasteiger charge is 2.12. The van der Waals surface area contributed by atoms with Gasteiger partial charge in [0.2, 0.25) is 0 Å². The van der Waals surface area contributed by atoms with Gasteiger partial charge in [-0.2, -0.15) is 0 Å². The third kappa shape index (κ3) is 9.01. The van der Waals surface area contributed by atoms with Crippen LogP contribution in [0.5, 0.6) is 0 Å². The summed E-state index contributed by atoms with van der Waals surface area (Å²) in [6.45, 7) is 11.2. The number of likely N-dealkylation sites (N-methyl/N-ethyl adjacent to an activating group) is 1. The predicted molar refractivity (Wildman–Crippen MR) is 104 cm³/mol. The number of alkyl halides is 1. The molecule has 1 N–H and O–H groups in total. The van der Waals surface area contributed by atoms with E-state index in [1.807, 2.05) is 33.0 Å². The van der Waals surface area contributed by atoms with Crippen molar-refractivity contribution < 1.29 is 13.9 Å². The van der Waals surface area contributed by atoms with Gasteiger partial charge in [0, 0.05) is 6.54 Å². The molecule has 0 bridgehead atoms. The van der Waals surface area contributed by atoms with Crippen molar-refractivity contribution in [1.29, 1.82) is 0 Å². The Labute approximate surface area is 151 Å². The van der Waals surface area contributed by atoms with Gasteiger partial charge in [0.15, 0.2) is 5.78 Å². The molecule has 3 nitrogen and oxygen atoms in total. The second-order valence-electron chi connectivity index (χ2n) is 5.34. The lowest BCUT2D eigenvalue weighted by molar-refractivity contribution is -0.111. The van der Waals surface area contributed by atoms with Gasteiger partial charge in [0.25, 0.3) is 0 Å². The van der Waals surface area contributed by atoms with Crippen molar-refractivity contribution in [3.05, 3.63) is 72.1 Å². The molecule has 0 spiro atoms. The highest BCUT2D eigenvalue weighted by atomic mass is 19.1.